The molecule has 0 amide bonds. The number of rotatable bonds is 6. The zero-order valence-corrected chi connectivity index (χ0v) is 8.29. The van der Waals surface area contributed by atoms with Gasteiger partial charge in [0, 0.05) is 0 Å². The number of hydrogen-bond donors (Lipinski definition) is 0. The van der Waals surface area contributed by atoms with Crippen LogP contribution in [0.3, 0.4) is 0 Å². The topological polar surface area (TPSA) is 0 Å². The van der Waals surface area contributed by atoms with Gasteiger partial charge < -0.3 is 0 Å². The highest BCUT2D eigenvalue weighted by Crippen LogP contribution is 1.97. The average molecular weight is 164 g/mol. The molecule has 0 saturated heterocycles. The van der Waals surface area contributed by atoms with E-state index in [2.05, 4.69) is 50.3 Å². The first-order valence-electron chi connectivity index (χ1n) is 4.79. The summed E-state index contributed by atoms with van der Waals surface area (Å²) in [6.45, 7) is 4.13. The molecule has 0 N–H and O–H groups in total. The van der Waals surface area contributed by atoms with Crippen molar-refractivity contribution in [2.24, 2.45) is 0 Å². The van der Waals surface area contributed by atoms with E-state index in [1.165, 1.54) is 25.7 Å². The molecule has 0 spiro atoms. The van der Waals surface area contributed by atoms with E-state index in [1.54, 1.807) is 0 Å². The number of allylic oxidation sites excluding steroid dienone is 6. The van der Waals surface area contributed by atoms with Crippen molar-refractivity contribution < 1.29 is 0 Å². The van der Waals surface area contributed by atoms with E-state index in [9.17, 15) is 0 Å². The van der Waals surface area contributed by atoms with Crippen LogP contribution in [0.4, 0.5) is 0 Å². The number of hydrogen-bond acceptors (Lipinski definition) is 0. The molecule has 0 heteroatoms. The fourth-order valence-corrected chi connectivity index (χ4v) is 0.954. The lowest BCUT2D eigenvalue weighted by molar-refractivity contribution is 1.00. The monoisotopic (exact) mass is 164 g/mol. The van der Waals surface area contributed by atoms with E-state index >= 15 is 0 Å². The van der Waals surface area contributed by atoms with Gasteiger partial charge in [-0.3, -0.25) is 0 Å². The Morgan fingerprint density at radius 1 is 0.583 bits per heavy atom. The first-order chi connectivity index (χ1) is 5.91. The van der Waals surface area contributed by atoms with Crippen molar-refractivity contribution in [3.8, 4) is 0 Å². The van der Waals surface area contributed by atoms with E-state index in [1.807, 2.05) is 0 Å². The van der Waals surface area contributed by atoms with E-state index in [0.717, 1.165) is 0 Å². The molecule has 0 aromatic heterocycles. The molecular formula is C12H20. The van der Waals surface area contributed by atoms with Gasteiger partial charge >= 0.3 is 0 Å². The fourth-order valence-electron chi connectivity index (χ4n) is 0.954. The number of unbranched alkanes of at least 4 members (excludes halogenated alkanes) is 2. The van der Waals surface area contributed by atoms with Crippen LogP contribution in [-0.4, -0.2) is 0 Å². The molecule has 0 aromatic rings. The van der Waals surface area contributed by atoms with E-state index in [0.29, 0.717) is 0 Å². The first-order valence-corrected chi connectivity index (χ1v) is 4.79. The Morgan fingerprint density at radius 2 is 0.917 bits per heavy atom. The van der Waals surface area contributed by atoms with Crippen LogP contribution in [-0.2, 0) is 0 Å². The van der Waals surface area contributed by atoms with Crippen molar-refractivity contribution in [1.29, 1.82) is 0 Å². The van der Waals surface area contributed by atoms with Crippen LogP contribution in [0, 0.1) is 0 Å². The normalized spacial score (nSPS) is 12.5. The molecule has 0 nitrogen and oxygen atoms in total. The quantitative estimate of drug-likeness (QED) is 0.406. The third-order valence-electron chi connectivity index (χ3n) is 1.64. The molecular weight excluding hydrogens is 144 g/mol. The van der Waals surface area contributed by atoms with Gasteiger partial charge in [-0.25, -0.2) is 0 Å². The second-order valence-electron chi connectivity index (χ2n) is 2.76. The molecule has 0 aliphatic heterocycles. The van der Waals surface area contributed by atoms with Gasteiger partial charge in [-0.1, -0.05) is 36.5 Å². The second-order valence-corrected chi connectivity index (χ2v) is 2.76. The molecule has 0 saturated carbocycles. The molecule has 12 heavy (non-hydrogen) atoms. The maximum Gasteiger partial charge on any atom is -0.0316 e. The van der Waals surface area contributed by atoms with Gasteiger partial charge in [0.15, 0.2) is 0 Å². The Bertz CT molecular complexity index is 131. The molecule has 0 atom stereocenters. The summed E-state index contributed by atoms with van der Waals surface area (Å²) in [7, 11) is 0. The van der Waals surface area contributed by atoms with Crippen molar-refractivity contribution in [2.75, 3.05) is 0 Å². The van der Waals surface area contributed by atoms with E-state index in [-0.39, 0.29) is 0 Å². The highest BCUT2D eigenvalue weighted by Gasteiger charge is 1.76. The Morgan fingerprint density at radius 3 is 1.25 bits per heavy atom. The molecule has 0 rings (SSSR count). The summed E-state index contributed by atoms with van der Waals surface area (Å²) < 4.78 is 0. The van der Waals surface area contributed by atoms with Crippen LogP contribution in [0.1, 0.15) is 39.5 Å². The Hall–Kier alpha value is -0.780. The standard InChI is InChI=1S/C12H20/c1-3-5-7-9-11-12-10-8-6-4-2/h3-6,11-12H,7-10H2,1-2H3/b5-3+,6-4?,12-11+. The lowest BCUT2D eigenvalue weighted by Gasteiger charge is -1.87. The summed E-state index contributed by atoms with van der Waals surface area (Å²) in [5.41, 5.74) is 0. The minimum Gasteiger partial charge on any atom is -0.0917 e. The Balaban J connectivity index is 3.14. The van der Waals surface area contributed by atoms with Crippen LogP contribution in [0.2, 0.25) is 0 Å². The lowest BCUT2D eigenvalue weighted by Crippen LogP contribution is -1.66. The van der Waals surface area contributed by atoms with Crippen molar-refractivity contribution in [3.63, 3.8) is 0 Å². The van der Waals surface area contributed by atoms with Crippen LogP contribution in [0.15, 0.2) is 36.5 Å². The van der Waals surface area contributed by atoms with Crippen molar-refractivity contribution in [3.05, 3.63) is 36.5 Å². The average Bonchev–Trinajstić information content (AvgIpc) is 2.10. The largest absolute Gasteiger partial charge is 0.0917 e. The first kappa shape index (κ1) is 11.2. The van der Waals surface area contributed by atoms with Crippen LogP contribution in [0.5, 0.6) is 0 Å². The summed E-state index contributed by atoms with van der Waals surface area (Å²) in [4.78, 5) is 0. The summed E-state index contributed by atoms with van der Waals surface area (Å²) in [6.07, 6.45) is 17.9. The minimum atomic E-state index is 1.18. The predicted octanol–water partition coefficient (Wildman–Crippen LogP) is 4.26. The lowest BCUT2D eigenvalue weighted by atomic mass is 10.2. The third-order valence-corrected chi connectivity index (χ3v) is 1.64. The maximum absolute atomic E-state index is 2.27. The van der Waals surface area contributed by atoms with Gasteiger partial charge in [0.05, 0.1) is 0 Å². The fraction of sp³-hybridized carbons (Fsp3) is 0.500. The van der Waals surface area contributed by atoms with Crippen molar-refractivity contribution in [1.82, 2.24) is 0 Å². The van der Waals surface area contributed by atoms with Crippen LogP contribution >= 0.6 is 0 Å². The highest BCUT2D eigenvalue weighted by molar-refractivity contribution is 4.88. The predicted molar refractivity (Wildman–Crippen MR) is 57.2 cm³/mol. The molecule has 0 fully saturated rings. The van der Waals surface area contributed by atoms with Crippen molar-refractivity contribution >= 4 is 0 Å². The van der Waals surface area contributed by atoms with Gasteiger partial charge in [0.25, 0.3) is 0 Å². The maximum atomic E-state index is 2.27. The summed E-state index contributed by atoms with van der Waals surface area (Å²) in [6, 6.07) is 0. The van der Waals surface area contributed by atoms with Crippen LogP contribution < -0.4 is 0 Å². The molecule has 0 radical (unpaired) electrons. The van der Waals surface area contributed by atoms with Gasteiger partial charge in [-0.2, -0.15) is 0 Å². The molecule has 0 aliphatic rings. The zero-order chi connectivity index (χ0) is 9.07. The van der Waals surface area contributed by atoms with Gasteiger partial charge in [0.1, 0.15) is 0 Å². The molecule has 68 valence electrons. The zero-order valence-electron chi connectivity index (χ0n) is 8.29. The van der Waals surface area contributed by atoms with Gasteiger partial charge in [0.2, 0.25) is 0 Å². The Labute approximate surface area is 76.7 Å². The summed E-state index contributed by atoms with van der Waals surface area (Å²) in [5, 5.41) is 0. The molecule has 0 heterocycles. The molecule has 0 aromatic carbocycles. The Kier molecular flexibility index (Phi) is 9.56. The van der Waals surface area contributed by atoms with E-state index < -0.39 is 0 Å². The molecule has 0 bridgehead atoms. The second kappa shape index (κ2) is 10.2. The highest BCUT2D eigenvalue weighted by atomic mass is 13.8. The molecule has 0 aliphatic carbocycles. The smallest absolute Gasteiger partial charge is 0.0316 e. The van der Waals surface area contributed by atoms with Gasteiger partial charge in [-0.15, -0.1) is 0 Å². The van der Waals surface area contributed by atoms with Crippen molar-refractivity contribution in [2.45, 2.75) is 39.5 Å². The SMILES string of the molecule is CC=CCC/C=C/CC/C=C/C. The summed E-state index contributed by atoms with van der Waals surface area (Å²) in [5.74, 6) is 0. The minimum absolute atomic E-state index is 1.18. The summed E-state index contributed by atoms with van der Waals surface area (Å²) >= 11 is 0. The third kappa shape index (κ3) is 9.22. The van der Waals surface area contributed by atoms with E-state index in [4.69, 9.17) is 0 Å². The molecule has 0 unspecified atom stereocenters. The van der Waals surface area contributed by atoms with Gasteiger partial charge in [-0.05, 0) is 39.5 Å². The van der Waals surface area contributed by atoms with Crippen LogP contribution in [0.25, 0.3) is 0 Å².